The van der Waals surface area contributed by atoms with E-state index in [1.165, 1.54) is 51.5 Å². The number of esters is 2. The Morgan fingerprint density at radius 3 is 2.36 bits per heavy atom. The minimum absolute atomic E-state index is 0.0262. The van der Waals surface area contributed by atoms with E-state index in [-0.39, 0.29) is 34.4 Å². The molecule has 2 N–H and O–H groups in total. The van der Waals surface area contributed by atoms with Crippen molar-refractivity contribution < 1.29 is 23.8 Å². The molecule has 196 valence electrons. The summed E-state index contributed by atoms with van der Waals surface area (Å²) in [6, 6.07) is 9.44. The molecule has 1 aromatic heterocycles. The van der Waals surface area contributed by atoms with Gasteiger partial charge in [-0.1, -0.05) is 75.5 Å². The number of benzene rings is 1. The number of nitrogens with zero attached hydrogens (tertiary/aromatic N) is 1. The van der Waals surface area contributed by atoms with Crippen LogP contribution in [0.3, 0.4) is 0 Å². The normalized spacial score (nSPS) is 14.7. The molecule has 0 aliphatic heterocycles. The van der Waals surface area contributed by atoms with Crippen molar-refractivity contribution >= 4 is 40.7 Å². The lowest BCUT2D eigenvalue weighted by molar-refractivity contribution is -0.150. The van der Waals surface area contributed by atoms with Gasteiger partial charge in [0, 0.05) is 36.5 Å². The number of ether oxygens (including phenoxy) is 3. The second-order valence-electron chi connectivity index (χ2n) is 8.76. The van der Waals surface area contributed by atoms with E-state index in [1.807, 2.05) is 31.2 Å². The molecule has 0 radical (unpaired) electrons. The fraction of sp³-hybridized carbons (Fsp3) is 0.481. The van der Waals surface area contributed by atoms with Gasteiger partial charge in [-0.3, -0.25) is 9.59 Å². The second kappa shape index (κ2) is 14.8. The first-order valence-electron chi connectivity index (χ1n) is 12.1. The molecule has 0 saturated heterocycles. The van der Waals surface area contributed by atoms with Gasteiger partial charge in [0.2, 0.25) is 5.75 Å². The Labute approximate surface area is 223 Å². The van der Waals surface area contributed by atoms with Crippen molar-refractivity contribution in [3.8, 4) is 11.5 Å². The molecule has 1 fully saturated rings. The molecule has 0 spiro atoms. The summed E-state index contributed by atoms with van der Waals surface area (Å²) in [6.45, 7) is 5.27. The Hall–Kier alpha value is -2.71. The molecule has 36 heavy (non-hydrogen) atoms. The van der Waals surface area contributed by atoms with E-state index in [0.717, 1.165) is 11.4 Å². The number of thiocarbonyl (C=S) groups is 1. The predicted octanol–water partition coefficient (Wildman–Crippen LogP) is 6.00. The molecule has 0 bridgehead atoms. The van der Waals surface area contributed by atoms with Gasteiger partial charge in [0.25, 0.3) is 0 Å². The van der Waals surface area contributed by atoms with E-state index in [9.17, 15) is 9.59 Å². The van der Waals surface area contributed by atoms with Crippen LogP contribution in [0.1, 0.15) is 76.5 Å². The van der Waals surface area contributed by atoms with Gasteiger partial charge < -0.3 is 19.9 Å². The average Bonchev–Trinajstić information content (AvgIpc) is 3.37. The van der Waals surface area contributed by atoms with Crippen molar-refractivity contribution in [2.24, 2.45) is 11.7 Å². The molecule has 1 aliphatic carbocycles. The summed E-state index contributed by atoms with van der Waals surface area (Å²) in [6.07, 6.45) is 8.04. The number of carbonyl (C=O) groups excluding carboxylic acids is 2. The summed E-state index contributed by atoms with van der Waals surface area (Å²) in [7, 11) is 1.45. The number of methoxy groups -OCH3 is 1. The third-order valence-corrected chi connectivity index (χ3v) is 6.58. The quantitative estimate of drug-likeness (QED) is 0.309. The highest BCUT2D eigenvalue weighted by atomic mass is 35.5. The van der Waals surface area contributed by atoms with E-state index < -0.39 is 5.97 Å². The lowest BCUT2D eigenvalue weighted by Crippen LogP contribution is -2.26. The van der Waals surface area contributed by atoms with Crippen molar-refractivity contribution in [2.75, 3.05) is 7.11 Å². The molecule has 1 saturated carbocycles. The number of aromatic nitrogens is 1. The van der Waals surface area contributed by atoms with Crippen LogP contribution in [-0.4, -0.2) is 35.1 Å². The van der Waals surface area contributed by atoms with Gasteiger partial charge in [-0.2, -0.15) is 0 Å². The number of halogens is 1. The minimum Gasteiger partial charge on any atom is -0.493 e. The Morgan fingerprint density at radius 2 is 1.83 bits per heavy atom. The molecule has 1 aliphatic rings. The number of rotatable bonds is 9. The van der Waals surface area contributed by atoms with Crippen molar-refractivity contribution in [2.45, 2.75) is 71.3 Å². The number of hydrogen-bond donors (Lipinski definition) is 1. The van der Waals surface area contributed by atoms with Crippen molar-refractivity contribution in [3.05, 3.63) is 52.8 Å². The van der Waals surface area contributed by atoms with Gasteiger partial charge in [0.1, 0.15) is 16.8 Å². The smallest absolute Gasteiger partial charge is 0.308 e. The number of hydrogen-bond acceptors (Lipinski definition) is 7. The zero-order valence-corrected chi connectivity index (χ0v) is 22.9. The molecule has 7 nitrogen and oxygen atoms in total. The summed E-state index contributed by atoms with van der Waals surface area (Å²) in [4.78, 5) is 26.6. The Bertz CT molecular complexity index is 1030. The van der Waals surface area contributed by atoms with Gasteiger partial charge in [-0.25, -0.2) is 4.98 Å². The third kappa shape index (κ3) is 9.06. The minimum atomic E-state index is -0.487. The highest BCUT2D eigenvalue weighted by Crippen LogP contribution is 2.34. The zero-order valence-electron chi connectivity index (χ0n) is 21.3. The van der Waals surface area contributed by atoms with Crippen LogP contribution in [0, 0.1) is 5.92 Å². The molecule has 2 aromatic rings. The van der Waals surface area contributed by atoms with Gasteiger partial charge in [0.05, 0.1) is 7.11 Å². The molecule has 0 amide bonds. The number of pyridine rings is 1. The summed E-state index contributed by atoms with van der Waals surface area (Å²) < 4.78 is 15.7. The average molecular weight is 535 g/mol. The van der Waals surface area contributed by atoms with Gasteiger partial charge in [-0.05, 0) is 30.0 Å². The van der Waals surface area contributed by atoms with Crippen LogP contribution < -0.4 is 15.2 Å². The van der Waals surface area contributed by atoms with Gasteiger partial charge >= 0.3 is 11.9 Å². The fourth-order valence-electron chi connectivity index (χ4n) is 4.17. The Kier molecular flexibility index (Phi) is 12.1. The maximum absolute atomic E-state index is 11.7. The largest absolute Gasteiger partial charge is 0.493 e. The molecular formula is C27H35ClN2O5S. The zero-order chi connectivity index (χ0) is 26.7. The lowest BCUT2D eigenvalue weighted by atomic mass is 9.88. The third-order valence-electron chi connectivity index (χ3n) is 6.13. The van der Waals surface area contributed by atoms with E-state index in [2.05, 4.69) is 11.9 Å². The molecule has 1 aromatic carbocycles. The van der Waals surface area contributed by atoms with Crippen molar-refractivity contribution in [3.63, 3.8) is 0 Å². The summed E-state index contributed by atoms with van der Waals surface area (Å²) in [5.41, 5.74) is 6.86. The van der Waals surface area contributed by atoms with E-state index in [4.69, 9.17) is 43.8 Å². The van der Waals surface area contributed by atoms with E-state index >= 15 is 0 Å². The van der Waals surface area contributed by atoms with Crippen LogP contribution in [0.2, 0.25) is 5.02 Å². The first-order valence-corrected chi connectivity index (χ1v) is 12.9. The Morgan fingerprint density at radius 1 is 1.19 bits per heavy atom. The molecule has 1 heterocycles. The topological polar surface area (TPSA) is 101 Å². The van der Waals surface area contributed by atoms with Crippen LogP contribution in [0.5, 0.6) is 11.5 Å². The number of carbonyl (C=O) groups is 2. The second-order valence-corrected chi connectivity index (χ2v) is 9.63. The molecule has 3 rings (SSSR count). The summed E-state index contributed by atoms with van der Waals surface area (Å²) in [5, 5.41) is 0.740. The first kappa shape index (κ1) is 29.5. The highest BCUT2D eigenvalue weighted by molar-refractivity contribution is 7.80. The van der Waals surface area contributed by atoms with Crippen LogP contribution in [-0.2, 0) is 14.3 Å². The number of nitrogens with two attached hydrogens (primary N) is 1. The lowest BCUT2D eigenvalue weighted by Gasteiger charge is -2.27. The predicted molar refractivity (Wildman–Crippen MR) is 145 cm³/mol. The van der Waals surface area contributed by atoms with Crippen LogP contribution in [0.15, 0.2) is 36.5 Å². The SMILES string of the molecule is CCC(=O)OC(CC1CCCC1)C(C)c1ccc(Cl)cc1.COc1ccnc(C(N)=S)c1OC(C)=O. The Balaban J connectivity index is 0.000000269. The maximum Gasteiger partial charge on any atom is 0.308 e. The molecule has 9 heteroatoms. The van der Waals surface area contributed by atoms with Gasteiger partial charge in [-0.15, -0.1) is 0 Å². The molecule has 2 unspecified atom stereocenters. The van der Waals surface area contributed by atoms with Crippen molar-refractivity contribution in [1.29, 1.82) is 0 Å². The van der Waals surface area contributed by atoms with Crippen molar-refractivity contribution in [1.82, 2.24) is 4.98 Å². The standard InChI is InChI=1S/C18H25ClO2.C9H10N2O3S/c1-3-18(20)21-17(12-14-6-4-5-7-14)13(2)15-8-10-16(19)11-9-15;1-5(12)14-8-6(13-2)3-4-11-7(8)9(10)15/h8-11,13-14,17H,3-7,12H2,1-2H3;3-4H,1-2H3,(H2,10,15). The van der Waals surface area contributed by atoms with Crippen LogP contribution in [0.4, 0.5) is 0 Å². The van der Waals surface area contributed by atoms with Crippen LogP contribution in [0.25, 0.3) is 0 Å². The van der Waals surface area contributed by atoms with E-state index in [0.29, 0.717) is 18.1 Å². The maximum atomic E-state index is 11.7. The van der Waals surface area contributed by atoms with Gasteiger partial charge in [0.15, 0.2) is 5.75 Å². The summed E-state index contributed by atoms with van der Waals surface area (Å²) in [5.74, 6) is 0.841. The fourth-order valence-corrected chi connectivity index (χ4v) is 4.44. The van der Waals surface area contributed by atoms with Crippen LogP contribution >= 0.6 is 23.8 Å². The molecule has 2 atom stereocenters. The first-order chi connectivity index (χ1) is 17.2. The summed E-state index contributed by atoms with van der Waals surface area (Å²) >= 11 is 10.7. The molecular weight excluding hydrogens is 500 g/mol. The highest BCUT2D eigenvalue weighted by Gasteiger charge is 2.27. The van der Waals surface area contributed by atoms with E-state index in [1.54, 1.807) is 6.07 Å². The monoisotopic (exact) mass is 534 g/mol.